The van der Waals surface area contributed by atoms with Crippen molar-refractivity contribution in [2.45, 2.75) is 13.2 Å². The maximum absolute atomic E-state index is 8.54. The molecule has 0 aromatic heterocycles. The van der Waals surface area contributed by atoms with E-state index in [-0.39, 0.29) is 39.4 Å². The van der Waals surface area contributed by atoms with Gasteiger partial charge in [0.25, 0.3) is 0 Å². The molecule has 2 nitrogen and oxygen atoms in total. The van der Waals surface area contributed by atoms with E-state index in [9.17, 15) is 0 Å². The van der Waals surface area contributed by atoms with Crippen LogP contribution in [-0.2, 0) is 39.4 Å². The van der Waals surface area contributed by atoms with E-state index in [4.69, 9.17) is 10.2 Å². The molecule has 0 aliphatic carbocycles. The van der Waals surface area contributed by atoms with E-state index < -0.39 is 0 Å². The van der Waals surface area contributed by atoms with Crippen LogP contribution in [0, 0.1) is 13.8 Å². The maximum Gasteiger partial charge on any atom is 2.00 e. The van der Waals surface area contributed by atoms with Gasteiger partial charge in [0, 0.05) is 0 Å². The van der Waals surface area contributed by atoms with E-state index in [1.807, 2.05) is 121 Å². The van der Waals surface area contributed by atoms with Gasteiger partial charge in [0.2, 0.25) is 0 Å². The molecule has 4 aromatic carbocycles. The van der Waals surface area contributed by atoms with Crippen molar-refractivity contribution in [1.82, 2.24) is 0 Å². The normalized spacial score (nSPS) is 8.58. The van der Waals surface area contributed by atoms with Gasteiger partial charge in [0.1, 0.15) is 0 Å². The Labute approximate surface area is 206 Å². The molecule has 0 unspecified atom stereocenters. The Bertz CT molecular complexity index is 791. The van der Waals surface area contributed by atoms with E-state index in [1.165, 1.54) is 0 Å². The standard InChI is InChI=1S/2C7H8O.2C7H7.Zr/c2*8-6-7-4-2-1-3-5-7;2*1-7-5-3-2-4-6-7;/h2*1-5,8H,6H2;2*2-6H,1H2;/q;;2*-1;+2. The van der Waals surface area contributed by atoms with Crippen molar-refractivity contribution < 1.29 is 36.4 Å². The van der Waals surface area contributed by atoms with Crippen molar-refractivity contribution in [3.05, 3.63) is 157 Å². The number of rotatable bonds is 2. The van der Waals surface area contributed by atoms with Crippen LogP contribution in [0.5, 0.6) is 0 Å². The van der Waals surface area contributed by atoms with Crippen LogP contribution in [0.4, 0.5) is 0 Å². The summed E-state index contributed by atoms with van der Waals surface area (Å²) < 4.78 is 0. The van der Waals surface area contributed by atoms with Crippen LogP contribution in [-0.4, -0.2) is 10.2 Å². The summed E-state index contributed by atoms with van der Waals surface area (Å²) in [6, 6.07) is 38.8. The third kappa shape index (κ3) is 15.9. The van der Waals surface area contributed by atoms with Gasteiger partial charge in [-0.2, -0.15) is 49.2 Å². The minimum absolute atomic E-state index is 0. The molecule has 0 saturated heterocycles. The van der Waals surface area contributed by atoms with Crippen molar-refractivity contribution >= 4 is 0 Å². The number of hydrogen-bond acceptors (Lipinski definition) is 2. The quantitative estimate of drug-likeness (QED) is 0.334. The van der Waals surface area contributed by atoms with Gasteiger partial charge in [-0.15, -0.1) is 24.3 Å². The van der Waals surface area contributed by atoms with Gasteiger partial charge >= 0.3 is 26.2 Å². The Morgan fingerprint density at radius 1 is 0.419 bits per heavy atom. The van der Waals surface area contributed by atoms with E-state index in [2.05, 4.69) is 13.8 Å². The summed E-state index contributed by atoms with van der Waals surface area (Å²) in [6.07, 6.45) is 0. The minimum Gasteiger partial charge on any atom is -0.392 e. The molecule has 3 heteroatoms. The second kappa shape index (κ2) is 19.4. The van der Waals surface area contributed by atoms with Gasteiger partial charge in [-0.1, -0.05) is 72.8 Å². The third-order valence-electron chi connectivity index (χ3n) is 3.74. The monoisotopic (exact) mass is 488 g/mol. The van der Waals surface area contributed by atoms with Crippen molar-refractivity contribution in [2.75, 3.05) is 0 Å². The number of aliphatic hydroxyl groups excluding tert-OH is 2. The average Bonchev–Trinajstić information content (AvgIpc) is 2.82. The molecule has 0 saturated carbocycles. The molecule has 0 bridgehead atoms. The second-order valence-corrected chi connectivity index (χ2v) is 6.26. The zero-order valence-electron chi connectivity index (χ0n) is 17.8. The Morgan fingerprint density at radius 2 is 0.645 bits per heavy atom. The van der Waals surface area contributed by atoms with Crippen molar-refractivity contribution in [2.24, 2.45) is 0 Å². The van der Waals surface area contributed by atoms with Crippen molar-refractivity contribution in [3.63, 3.8) is 0 Å². The number of aliphatic hydroxyl groups is 2. The number of hydrogen-bond donors (Lipinski definition) is 2. The Balaban J connectivity index is 0.000000384. The molecule has 158 valence electrons. The van der Waals surface area contributed by atoms with Crippen LogP contribution in [0.25, 0.3) is 0 Å². The zero-order valence-corrected chi connectivity index (χ0v) is 20.2. The van der Waals surface area contributed by atoms with E-state index in [1.54, 1.807) is 0 Å². The van der Waals surface area contributed by atoms with Gasteiger partial charge in [0.15, 0.2) is 0 Å². The fourth-order valence-corrected chi connectivity index (χ4v) is 2.12. The molecule has 31 heavy (non-hydrogen) atoms. The summed E-state index contributed by atoms with van der Waals surface area (Å²) in [7, 11) is 0. The molecule has 4 aromatic rings. The molecular formula is C28H30O2Zr. The van der Waals surface area contributed by atoms with E-state index in [0.29, 0.717) is 0 Å². The molecule has 0 spiro atoms. The van der Waals surface area contributed by atoms with Crippen LogP contribution in [0.1, 0.15) is 22.3 Å². The summed E-state index contributed by atoms with van der Waals surface area (Å²) in [5.41, 5.74) is 4.07. The molecule has 4 rings (SSSR count). The van der Waals surface area contributed by atoms with Gasteiger partial charge in [-0.25, -0.2) is 0 Å². The van der Waals surface area contributed by atoms with Crippen LogP contribution in [0.15, 0.2) is 121 Å². The third-order valence-corrected chi connectivity index (χ3v) is 3.74. The Hall–Kier alpha value is -2.58. The molecule has 0 radical (unpaired) electrons. The first-order valence-corrected chi connectivity index (χ1v) is 9.69. The summed E-state index contributed by atoms with van der Waals surface area (Å²) in [4.78, 5) is 0. The minimum atomic E-state index is 0. The van der Waals surface area contributed by atoms with Crippen molar-refractivity contribution in [3.8, 4) is 0 Å². The summed E-state index contributed by atoms with van der Waals surface area (Å²) >= 11 is 0. The summed E-state index contributed by atoms with van der Waals surface area (Å²) in [5, 5.41) is 17.1. The maximum atomic E-state index is 8.54. The van der Waals surface area contributed by atoms with E-state index >= 15 is 0 Å². The Kier molecular flexibility index (Phi) is 17.8. The predicted molar refractivity (Wildman–Crippen MR) is 127 cm³/mol. The zero-order chi connectivity index (χ0) is 21.9. The fraction of sp³-hybridized carbons (Fsp3) is 0.0714. The van der Waals surface area contributed by atoms with Crippen molar-refractivity contribution in [1.29, 1.82) is 0 Å². The van der Waals surface area contributed by atoms with Crippen LogP contribution in [0.3, 0.4) is 0 Å². The van der Waals surface area contributed by atoms with Gasteiger partial charge < -0.3 is 10.2 Å². The van der Waals surface area contributed by atoms with Gasteiger partial charge in [-0.05, 0) is 11.1 Å². The smallest absolute Gasteiger partial charge is 0.392 e. The summed E-state index contributed by atoms with van der Waals surface area (Å²) in [5.74, 6) is 0. The van der Waals surface area contributed by atoms with E-state index in [0.717, 1.165) is 22.3 Å². The van der Waals surface area contributed by atoms with Crippen LogP contribution < -0.4 is 0 Å². The first kappa shape index (κ1) is 28.4. The Morgan fingerprint density at radius 3 is 0.774 bits per heavy atom. The molecule has 0 atom stereocenters. The molecule has 0 fully saturated rings. The van der Waals surface area contributed by atoms with Gasteiger partial charge in [-0.3, -0.25) is 0 Å². The van der Waals surface area contributed by atoms with Crippen LogP contribution in [0.2, 0.25) is 0 Å². The molecule has 0 aliphatic heterocycles. The topological polar surface area (TPSA) is 40.5 Å². The second-order valence-electron chi connectivity index (χ2n) is 6.26. The number of benzene rings is 4. The first-order valence-electron chi connectivity index (χ1n) is 9.69. The van der Waals surface area contributed by atoms with Gasteiger partial charge in [0.05, 0.1) is 13.2 Å². The largest absolute Gasteiger partial charge is 2.00 e. The SMILES string of the molecule is OCc1ccccc1.OCc1ccccc1.[CH2-]c1ccccc1.[CH2-]c1ccccc1.[Zr+2]. The molecule has 0 amide bonds. The summed E-state index contributed by atoms with van der Waals surface area (Å²) in [6.45, 7) is 7.72. The first-order chi connectivity index (χ1) is 14.7. The molecular weight excluding hydrogens is 460 g/mol. The predicted octanol–water partition coefficient (Wildman–Crippen LogP) is 6.09. The fourth-order valence-electron chi connectivity index (χ4n) is 2.12. The molecule has 0 heterocycles. The molecule has 2 N–H and O–H groups in total. The average molecular weight is 490 g/mol. The molecule has 0 aliphatic rings. The van der Waals surface area contributed by atoms with Crippen LogP contribution >= 0.6 is 0 Å².